The van der Waals surface area contributed by atoms with E-state index in [9.17, 15) is 33.1 Å². The Bertz CT molecular complexity index is 991. The SMILES string of the molecule is COc1ccc(CNC(=O)C(=O)C2CC(F)(F)CN2C(=O)CNC(=O)[C@@H]2CCC(O)N2)cc1OC. The number of carbonyl (C=O) groups excluding carboxylic acids is 4. The number of ether oxygens (including phenoxy) is 2. The Morgan fingerprint density at radius 3 is 2.49 bits per heavy atom. The lowest BCUT2D eigenvalue weighted by atomic mass is 10.1. The van der Waals surface area contributed by atoms with Crippen LogP contribution in [-0.4, -0.2) is 85.1 Å². The van der Waals surface area contributed by atoms with E-state index in [1.54, 1.807) is 18.2 Å². The van der Waals surface area contributed by atoms with Crippen LogP contribution in [0.15, 0.2) is 18.2 Å². The van der Waals surface area contributed by atoms with Gasteiger partial charge >= 0.3 is 0 Å². The number of aliphatic hydroxyl groups is 1. The molecular formula is C22H28F2N4O7. The number of hydrogen-bond acceptors (Lipinski definition) is 8. The van der Waals surface area contributed by atoms with Crippen molar-refractivity contribution in [3.05, 3.63) is 23.8 Å². The summed E-state index contributed by atoms with van der Waals surface area (Å²) in [4.78, 5) is 50.4. The average molecular weight is 498 g/mol. The van der Waals surface area contributed by atoms with Gasteiger partial charge in [0.25, 0.3) is 11.8 Å². The van der Waals surface area contributed by atoms with E-state index >= 15 is 0 Å². The number of rotatable bonds is 9. The number of hydrogen-bond donors (Lipinski definition) is 4. The minimum Gasteiger partial charge on any atom is -0.493 e. The molecule has 192 valence electrons. The molecule has 3 amide bonds. The Balaban J connectivity index is 1.59. The van der Waals surface area contributed by atoms with Gasteiger partial charge in [0.1, 0.15) is 12.3 Å². The maximum Gasteiger partial charge on any atom is 0.289 e. The molecular weight excluding hydrogens is 470 g/mol. The average Bonchev–Trinajstić information content (AvgIpc) is 3.42. The zero-order chi connectivity index (χ0) is 25.8. The molecule has 0 radical (unpaired) electrons. The van der Waals surface area contributed by atoms with Crippen molar-refractivity contribution < 1.29 is 42.5 Å². The van der Waals surface area contributed by atoms with Gasteiger partial charge in [0.15, 0.2) is 11.5 Å². The third-order valence-electron chi connectivity index (χ3n) is 5.87. The van der Waals surface area contributed by atoms with Crippen LogP contribution in [0.4, 0.5) is 8.78 Å². The zero-order valence-electron chi connectivity index (χ0n) is 19.3. The molecule has 2 fully saturated rings. The van der Waals surface area contributed by atoms with Gasteiger partial charge in [0, 0.05) is 13.0 Å². The lowest BCUT2D eigenvalue weighted by Crippen LogP contribution is -2.51. The Morgan fingerprint density at radius 1 is 1.14 bits per heavy atom. The van der Waals surface area contributed by atoms with Gasteiger partial charge in [-0.05, 0) is 30.5 Å². The first-order chi connectivity index (χ1) is 16.5. The van der Waals surface area contributed by atoms with Crippen LogP contribution < -0.4 is 25.4 Å². The van der Waals surface area contributed by atoms with Gasteiger partial charge in [-0.15, -0.1) is 0 Å². The number of amides is 3. The summed E-state index contributed by atoms with van der Waals surface area (Å²) in [5.74, 6) is -6.27. The van der Waals surface area contributed by atoms with Crippen molar-refractivity contribution >= 4 is 23.5 Å². The van der Waals surface area contributed by atoms with Crippen LogP contribution in [0.1, 0.15) is 24.8 Å². The van der Waals surface area contributed by atoms with E-state index in [1.165, 1.54) is 14.2 Å². The maximum atomic E-state index is 14.1. The first-order valence-corrected chi connectivity index (χ1v) is 11.0. The standard InChI is InChI=1S/C22H28F2N4O7/c1-34-15-5-3-12(7-16(15)35-2)9-25-21(33)19(31)14-8-22(23,24)11-28(14)18(30)10-26-20(32)13-4-6-17(29)27-13/h3,5,7,13-14,17,27,29H,4,6,8-11H2,1-2H3,(H,25,33)(H,26,32)/t13-,14?,17?/m0/s1. The fourth-order valence-electron chi connectivity index (χ4n) is 4.04. The quantitative estimate of drug-likeness (QED) is 0.328. The fraction of sp³-hybridized carbons (Fsp3) is 0.545. The molecule has 2 aliphatic rings. The predicted molar refractivity (Wildman–Crippen MR) is 117 cm³/mol. The number of halogens is 2. The molecule has 4 N–H and O–H groups in total. The number of likely N-dealkylation sites (tertiary alicyclic amines) is 1. The number of benzene rings is 1. The maximum absolute atomic E-state index is 14.1. The Hall–Kier alpha value is -3.32. The summed E-state index contributed by atoms with van der Waals surface area (Å²) in [6, 6.07) is 2.45. The van der Waals surface area contributed by atoms with Gasteiger partial charge in [-0.1, -0.05) is 6.07 Å². The van der Waals surface area contributed by atoms with Crippen molar-refractivity contribution in [3.63, 3.8) is 0 Å². The van der Waals surface area contributed by atoms with Gasteiger partial charge in [-0.2, -0.15) is 0 Å². The summed E-state index contributed by atoms with van der Waals surface area (Å²) in [5.41, 5.74) is 0.571. The van der Waals surface area contributed by atoms with Gasteiger partial charge in [0.05, 0.1) is 33.4 Å². The normalized spacial score (nSPS) is 23.0. The van der Waals surface area contributed by atoms with Crippen LogP contribution in [0, 0.1) is 0 Å². The molecule has 0 saturated carbocycles. The second kappa shape index (κ2) is 11.0. The number of Topliss-reactive ketones (excluding diaryl/α,β-unsaturated/α-hetero) is 1. The molecule has 1 aromatic rings. The number of aliphatic hydroxyl groups excluding tert-OH is 1. The van der Waals surface area contributed by atoms with Crippen LogP contribution in [0.5, 0.6) is 11.5 Å². The molecule has 2 saturated heterocycles. The molecule has 0 spiro atoms. The molecule has 1 aromatic carbocycles. The van der Waals surface area contributed by atoms with E-state index in [0.717, 1.165) is 0 Å². The van der Waals surface area contributed by atoms with Crippen molar-refractivity contribution in [1.82, 2.24) is 20.9 Å². The molecule has 3 atom stereocenters. The summed E-state index contributed by atoms with van der Waals surface area (Å²) in [5, 5.41) is 16.7. The highest BCUT2D eigenvalue weighted by molar-refractivity contribution is 6.38. The van der Waals surface area contributed by atoms with E-state index in [0.29, 0.717) is 34.8 Å². The van der Waals surface area contributed by atoms with Crippen LogP contribution in [-0.2, 0) is 25.7 Å². The van der Waals surface area contributed by atoms with Gasteiger partial charge in [-0.25, -0.2) is 8.78 Å². The lowest BCUT2D eigenvalue weighted by Gasteiger charge is -2.23. The largest absolute Gasteiger partial charge is 0.493 e. The van der Waals surface area contributed by atoms with Crippen LogP contribution in [0.25, 0.3) is 0 Å². The zero-order valence-corrected chi connectivity index (χ0v) is 19.3. The van der Waals surface area contributed by atoms with Crippen molar-refractivity contribution in [2.45, 2.75) is 50.0 Å². The predicted octanol–water partition coefficient (Wildman–Crippen LogP) is -0.688. The van der Waals surface area contributed by atoms with Crippen LogP contribution in [0.2, 0.25) is 0 Å². The molecule has 2 heterocycles. The molecule has 0 aromatic heterocycles. The summed E-state index contributed by atoms with van der Waals surface area (Å²) < 4.78 is 38.5. The molecule has 11 nitrogen and oxygen atoms in total. The summed E-state index contributed by atoms with van der Waals surface area (Å²) in [7, 11) is 2.90. The number of carbonyl (C=O) groups is 4. The Labute approximate surface area is 200 Å². The van der Waals surface area contributed by atoms with Gasteiger partial charge in [0.2, 0.25) is 17.6 Å². The summed E-state index contributed by atoms with van der Waals surface area (Å²) in [6.45, 7) is -1.75. The first kappa shape index (κ1) is 26.3. The van der Waals surface area contributed by atoms with Gasteiger partial charge < -0.3 is 30.1 Å². The third kappa shape index (κ3) is 6.42. The molecule has 2 unspecified atom stereocenters. The number of nitrogens with one attached hydrogen (secondary N) is 3. The van der Waals surface area contributed by atoms with Crippen molar-refractivity contribution in [1.29, 1.82) is 0 Å². The molecule has 2 aliphatic heterocycles. The highest BCUT2D eigenvalue weighted by Gasteiger charge is 2.51. The minimum absolute atomic E-state index is 0.0850. The lowest BCUT2D eigenvalue weighted by molar-refractivity contribution is -0.144. The monoisotopic (exact) mass is 498 g/mol. The molecule has 0 aliphatic carbocycles. The molecule has 13 heteroatoms. The van der Waals surface area contributed by atoms with Crippen molar-refractivity contribution in [2.24, 2.45) is 0 Å². The molecule has 0 bridgehead atoms. The van der Waals surface area contributed by atoms with E-state index in [2.05, 4.69) is 16.0 Å². The molecule has 3 rings (SSSR count). The molecule has 35 heavy (non-hydrogen) atoms. The van der Waals surface area contributed by atoms with E-state index in [1.807, 2.05) is 0 Å². The number of methoxy groups -OCH3 is 2. The number of nitrogens with zero attached hydrogens (tertiary/aromatic N) is 1. The van der Waals surface area contributed by atoms with E-state index < -0.39 is 67.2 Å². The minimum atomic E-state index is -3.36. The number of ketones is 1. The van der Waals surface area contributed by atoms with E-state index in [-0.39, 0.29) is 6.54 Å². The van der Waals surface area contributed by atoms with Gasteiger partial charge in [-0.3, -0.25) is 24.5 Å². The Morgan fingerprint density at radius 2 is 1.86 bits per heavy atom. The van der Waals surface area contributed by atoms with Crippen molar-refractivity contribution in [2.75, 3.05) is 27.3 Å². The van der Waals surface area contributed by atoms with Crippen molar-refractivity contribution in [3.8, 4) is 11.5 Å². The third-order valence-corrected chi connectivity index (χ3v) is 5.87. The second-order valence-corrected chi connectivity index (χ2v) is 8.36. The van der Waals surface area contributed by atoms with E-state index in [4.69, 9.17) is 9.47 Å². The van der Waals surface area contributed by atoms with Crippen LogP contribution in [0.3, 0.4) is 0 Å². The fourth-order valence-corrected chi connectivity index (χ4v) is 4.04. The highest BCUT2D eigenvalue weighted by Crippen LogP contribution is 2.32. The highest BCUT2D eigenvalue weighted by atomic mass is 19.3. The second-order valence-electron chi connectivity index (χ2n) is 8.36. The topological polar surface area (TPSA) is 146 Å². The van der Waals surface area contributed by atoms with Crippen LogP contribution >= 0.6 is 0 Å². The first-order valence-electron chi connectivity index (χ1n) is 11.0. The number of alkyl halides is 2. The summed E-state index contributed by atoms with van der Waals surface area (Å²) >= 11 is 0. The smallest absolute Gasteiger partial charge is 0.289 e. The Kier molecular flexibility index (Phi) is 8.22. The summed E-state index contributed by atoms with van der Waals surface area (Å²) in [6.07, 6.45) is -1.12.